The van der Waals surface area contributed by atoms with Crippen LogP contribution in [-0.4, -0.2) is 30.3 Å². The normalized spacial score (nSPS) is 20.0. The highest BCUT2D eigenvalue weighted by Crippen LogP contribution is 2.35. The zero-order valence-electron chi connectivity index (χ0n) is 16.7. The molecule has 1 aliphatic heterocycles. The molecule has 0 radical (unpaired) electrons. The summed E-state index contributed by atoms with van der Waals surface area (Å²) in [5, 5.41) is 15.3. The van der Waals surface area contributed by atoms with Crippen molar-refractivity contribution in [2.75, 3.05) is 6.61 Å². The van der Waals surface area contributed by atoms with Crippen molar-refractivity contribution in [1.82, 2.24) is 10.6 Å². The Labute approximate surface area is 173 Å². The molecule has 0 spiro atoms. The van der Waals surface area contributed by atoms with Crippen LogP contribution in [0, 0.1) is 5.92 Å². The largest absolute Gasteiger partial charge is 0.504 e. The lowest BCUT2D eigenvalue weighted by atomic mass is 9.90. The van der Waals surface area contributed by atoms with Crippen molar-refractivity contribution in [3.05, 3.63) is 35.0 Å². The summed E-state index contributed by atoms with van der Waals surface area (Å²) in [6, 6.07) is 2.37. The molecule has 7 nitrogen and oxygen atoms in total. The van der Waals surface area contributed by atoms with Gasteiger partial charge in [-0.15, -0.1) is 0 Å². The van der Waals surface area contributed by atoms with Crippen LogP contribution in [0.3, 0.4) is 0 Å². The molecule has 3 rings (SSSR count). The lowest BCUT2D eigenvalue weighted by Crippen LogP contribution is -2.46. The first kappa shape index (κ1) is 21.9. The van der Waals surface area contributed by atoms with Crippen LogP contribution in [0.4, 0.5) is 13.6 Å². The summed E-state index contributed by atoms with van der Waals surface area (Å²) in [5.74, 6) is -1.14. The predicted octanol–water partition coefficient (Wildman–Crippen LogP) is 4.14. The van der Waals surface area contributed by atoms with Gasteiger partial charge in [0.1, 0.15) is 0 Å². The van der Waals surface area contributed by atoms with Crippen LogP contribution in [0.5, 0.6) is 11.5 Å². The SMILES string of the molecule is CCC1=C(C(=O)OCC2CCCCC2)C(c2ccc(OC(F)F)c(O)c2)NC(=O)N1. The van der Waals surface area contributed by atoms with Gasteiger partial charge in [0.2, 0.25) is 0 Å². The minimum atomic E-state index is -3.09. The number of halogens is 2. The van der Waals surface area contributed by atoms with Gasteiger partial charge in [-0.25, -0.2) is 9.59 Å². The van der Waals surface area contributed by atoms with E-state index >= 15 is 0 Å². The molecule has 0 aromatic heterocycles. The molecular formula is C21H26F2N2O5. The minimum absolute atomic E-state index is 0.231. The van der Waals surface area contributed by atoms with E-state index < -0.39 is 36.2 Å². The van der Waals surface area contributed by atoms with E-state index in [9.17, 15) is 23.5 Å². The van der Waals surface area contributed by atoms with E-state index in [1.165, 1.54) is 24.6 Å². The standard InChI is InChI=1S/C21H26F2N2O5/c1-2-14-17(19(27)29-11-12-6-4-3-5-7-12)18(25-21(28)24-14)13-8-9-16(15(26)10-13)30-20(22)23/h8-10,12,18,20,26H,2-7,11H2,1H3,(H2,24,25,28). The van der Waals surface area contributed by atoms with Crippen molar-refractivity contribution in [1.29, 1.82) is 0 Å². The Balaban J connectivity index is 1.84. The molecule has 2 aliphatic rings. The Morgan fingerprint density at radius 1 is 1.27 bits per heavy atom. The Morgan fingerprint density at radius 3 is 2.63 bits per heavy atom. The van der Waals surface area contributed by atoms with Crippen LogP contribution in [0.2, 0.25) is 0 Å². The fourth-order valence-electron chi connectivity index (χ4n) is 3.92. The van der Waals surface area contributed by atoms with Crippen LogP contribution < -0.4 is 15.4 Å². The average molecular weight is 424 g/mol. The van der Waals surface area contributed by atoms with E-state index in [0.29, 0.717) is 30.2 Å². The maximum Gasteiger partial charge on any atom is 0.387 e. The lowest BCUT2D eigenvalue weighted by Gasteiger charge is -2.30. The van der Waals surface area contributed by atoms with Gasteiger partial charge in [-0.3, -0.25) is 0 Å². The molecule has 2 amide bonds. The predicted molar refractivity (Wildman–Crippen MR) is 104 cm³/mol. The molecular weight excluding hydrogens is 398 g/mol. The number of phenolic OH excluding ortho intramolecular Hbond substituents is 1. The number of hydrogen-bond donors (Lipinski definition) is 3. The molecule has 9 heteroatoms. The summed E-state index contributed by atoms with van der Waals surface area (Å²) in [6.07, 6.45) is 5.86. The number of urea groups is 1. The highest BCUT2D eigenvalue weighted by Gasteiger charge is 2.34. The summed E-state index contributed by atoms with van der Waals surface area (Å²) >= 11 is 0. The molecule has 1 aliphatic carbocycles. The van der Waals surface area contributed by atoms with E-state index in [1.54, 1.807) is 6.92 Å². The number of allylic oxidation sites excluding steroid dienone is 1. The molecule has 164 valence electrons. The fraction of sp³-hybridized carbons (Fsp3) is 0.524. The zero-order chi connectivity index (χ0) is 21.7. The fourth-order valence-corrected chi connectivity index (χ4v) is 3.92. The van der Waals surface area contributed by atoms with Gasteiger partial charge in [0.15, 0.2) is 11.5 Å². The van der Waals surface area contributed by atoms with E-state index in [-0.39, 0.29) is 5.57 Å². The molecule has 1 saturated carbocycles. The van der Waals surface area contributed by atoms with E-state index in [1.807, 2.05) is 0 Å². The second kappa shape index (κ2) is 9.77. The summed E-state index contributed by atoms with van der Waals surface area (Å²) in [7, 11) is 0. The molecule has 3 N–H and O–H groups in total. The number of hydrogen-bond acceptors (Lipinski definition) is 5. The minimum Gasteiger partial charge on any atom is -0.504 e. The van der Waals surface area contributed by atoms with Crippen molar-refractivity contribution in [2.45, 2.75) is 58.1 Å². The number of ether oxygens (including phenoxy) is 2. The first-order valence-corrected chi connectivity index (χ1v) is 10.1. The average Bonchev–Trinajstić information content (AvgIpc) is 2.73. The van der Waals surface area contributed by atoms with Gasteiger partial charge in [-0.1, -0.05) is 32.3 Å². The number of phenols is 1. The number of alkyl halides is 2. The van der Waals surface area contributed by atoms with Gasteiger partial charge in [-0.05, 0) is 42.9 Å². The zero-order valence-corrected chi connectivity index (χ0v) is 16.7. The van der Waals surface area contributed by atoms with Crippen LogP contribution in [-0.2, 0) is 9.53 Å². The number of esters is 1. The third-order valence-electron chi connectivity index (χ3n) is 5.43. The van der Waals surface area contributed by atoms with Crippen LogP contribution >= 0.6 is 0 Å². The summed E-state index contributed by atoms with van der Waals surface area (Å²) in [6.45, 7) is -0.979. The highest BCUT2D eigenvalue weighted by atomic mass is 19.3. The monoisotopic (exact) mass is 424 g/mol. The Hall–Kier alpha value is -2.84. The first-order chi connectivity index (χ1) is 14.4. The first-order valence-electron chi connectivity index (χ1n) is 10.1. The van der Waals surface area contributed by atoms with E-state index in [4.69, 9.17) is 4.74 Å². The lowest BCUT2D eigenvalue weighted by molar-refractivity contribution is -0.141. The molecule has 0 bridgehead atoms. The van der Waals surface area contributed by atoms with Gasteiger partial charge >= 0.3 is 18.6 Å². The molecule has 1 heterocycles. The van der Waals surface area contributed by atoms with Crippen molar-refractivity contribution in [2.24, 2.45) is 5.92 Å². The highest BCUT2D eigenvalue weighted by molar-refractivity contribution is 5.95. The number of carbonyl (C=O) groups is 2. The van der Waals surface area contributed by atoms with Gasteiger partial charge in [0.25, 0.3) is 0 Å². The molecule has 1 unspecified atom stereocenters. The van der Waals surface area contributed by atoms with Crippen molar-refractivity contribution in [3.63, 3.8) is 0 Å². The number of rotatable bonds is 7. The van der Waals surface area contributed by atoms with Crippen molar-refractivity contribution >= 4 is 12.0 Å². The summed E-state index contributed by atoms with van der Waals surface area (Å²) in [4.78, 5) is 25.0. The summed E-state index contributed by atoms with van der Waals surface area (Å²) < 4.78 is 34.7. The second-order valence-corrected chi connectivity index (χ2v) is 7.49. The third-order valence-corrected chi connectivity index (χ3v) is 5.43. The van der Waals surface area contributed by atoms with Gasteiger partial charge in [0.05, 0.1) is 18.2 Å². The second-order valence-electron chi connectivity index (χ2n) is 7.49. The van der Waals surface area contributed by atoms with Crippen molar-refractivity contribution in [3.8, 4) is 11.5 Å². The van der Waals surface area contributed by atoms with E-state index in [0.717, 1.165) is 25.7 Å². The topological polar surface area (TPSA) is 96.9 Å². The maximum atomic E-state index is 12.9. The molecule has 1 aromatic rings. The molecule has 30 heavy (non-hydrogen) atoms. The number of aromatic hydroxyl groups is 1. The molecule has 1 atom stereocenters. The van der Waals surface area contributed by atoms with Crippen LogP contribution in [0.15, 0.2) is 29.5 Å². The quantitative estimate of drug-likeness (QED) is 0.572. The third kappa shape index (κ3) is 5.20. The summed E-state index contributed by atoms with van der Waals surface area (Å²) in [5.41, 5.74) is 0.999. The Morgan fingerprint density at radius 2 is 2.00 bits per heavy atom. The number of amides is 2. The van der Waals surface area contributed by atoms with Crippen molar-refractivity contribution < 1.29 is 33.0 Å². The Kier molecular flexibility index (Phi) is 7.12. The number of benzene rings is 1. The maximum absolute atomic E-state index is 12.9. The Bertz CT molecular complexity index is 822. The van der Waals surface area contributed by atoms with E-state index in [2.05, 4.69) is 15.4 Å². The number of nitrogens with one attached hydrogen (secondary N) is 2. The smallest absolute Gasteiger partial charge is 0.387 e. The molecule has 0 saturated heterocycles. The number of carbonyl (C=O) groups excluding carboxylic acids is 2. The van der Waals surface area contributed by atoms with Crippen LogP contribution in [0.25, 0.3) is 0 Å². The van der Waals surface area contributed by atoms with Gasteiger partial charge in [-0.2, -0.15) is 8.78 Å². The molecule has 1 fully saturated rings. The van der Waals surface area contributed by atoms with Crippen LogP contribution in [0.1, 0.15) is 57.1 Å². The van der Waals surface area contributed by atoms with Gasteiger partial charge < -0.3 is 25.2 Å². The van der Waals surface area contributed by atoms with Gasteiger partial charge in [0, 0.05) is 5.70 Å². The molecule has 1 aromatic carbocycles.